The summed E-state index contributed by atoms with van der Waals surface area (Å²) in [5.74, 6) is 0.0260. The van der Waals surface area contributed by atoms with Crippen molar-refractivity contribution in [1.29, 1.82) is 0 Å². The number of nitrogens with zero attached hydrogens (tertiary/aromatic N) is 1. The van der Waals surface area contributed by atoms with E-state index in [1.54, 1.807) is 4.90 Å². The fraction of sp³-hybridized carbons (Fsp3) is 0.833. The number of piperazine rings is 1. The summed E-state index contributed by atoms with van der Waals surface area (Å²) in [6.07, 6.45) is 3.15. The molecule has 0 aromatic rings. The summed E-state index contributed by atoms with van der Waals surface area (Å²) in [5.41, 5.74) is 0. The molecule has 0 radical (unpaired) electrons. The van der Waals surface area contributed by atoms with Crippen molar-refractivity contribution in [3.63, 3.8) is 0 Å². The van der Waals surface area contributed by atoms with E-state index in [0.717, 1.165) is 19.4 Å². The van der Waals surface area contributed by atoms with Gasteiger partial charge in [0.1, 0.15) is 6.04 Å². The molecule has 2 saturated heterocycles. The van der Waals surface area contributed by atoms with E-state index in [1.807, 2.05) is 6.92 Å². The molecule has 2 amide bonds. The van der Waals surface area contributed by atoms with E-state index in [2.05, 4.69) is 5.32 Å². The van der Waals surface area contributed by atoms with Gasteiger partial charge >= 0.3 is 0 Å². The van der Waals surface area contributed by atoms with Crippen LogP contribution in [0.3, 0.4) is 0 Å². The third-order valence-electron chi connectivity index (χ3n) is 3.46. The van der Waals surface area contributed by atoms with Gasteiger partial charge in [-0.15, -0.1) is 0 Å². The molecule has 2 aliphatic heterocycles. The van der Waals surface area contributed by atoms with Crippen molar-refractivity contribution in [3.05, 3.63) is 0 Å². The Balaban J connectivity index is 1.94. The first-order valence-corrected chi connectivity index (χ1v) is 6.41. The van der Waals surface area contributed by atoms with Gasteiger partial charge in [-0.3, -0.25) is 9.59 Å². The van der Waals surface area contributed by atoms with Crippen molar-refractivity contribution < 1.29 is 14.3 Å². The van der Waals surface area contributed by atoms with Crippen molar-refractivity contribution >= 4 is 11.8 Å². The summed E-state index contributed by atoms with van der Waals surface area (Å²) in [6.45, 7) is 3.87. The molecule has 0 aromatic heterocycles. The number of carbonyl (C=O) groups excluding carboxylic acids is 2. The molecule has 0 spiro atoms. The summed E-state index contributed by atoms with van der Waals surface area (Å²) in [6, 6.07) is -0.294. The van der Waals surface area contributed by atoms with E-state index in [9.17, 15) is 9.59 Å². The normalized spacial score (nSPS) is 29.2. The molecule has 2 atom stereocenters. The zero-order valence-corrected chi connectivity index (χ0v) is 10.3. The highest BCUT2D eigenvalue weighted by atomic mass is 16.5. The highest BCUT2D eigenvalue weighted by molar-refractivity contribution is 5.88. The van der Waals surface area contributed by atoms with Crippen molar-refractivity contribution in [1.82, 2.24) is 10.2 Å². The first-order chi connectivity index (χ1) is 8.22. The second-order valence-corrected chi connectivity index (χ2v) is 4.64. The highest BCUT2D eigenvalue weighted by Crippen LogP contribution is 2.18. The van der Waals surface area contributed by atoms with Crippen molar-refractivity contribution in [3.8, 4) is 0 Å². The Kier molecular flexibility index (Phi) is 3.99. The molecule has 0 saturated carbocycles. The summed E-state index contributed by atoms with van der Waals surface area (Å²) < 4.78 is 5.46. The molecule has 1 N–H and O–H groups in total. The molecule has 2 fully saturated rings. The van der Waals surface area contributed by atoms with Crippen molar-refractivity contribution in [2.24, 2.45) is 0 Å². The SMILES string of the molecule is CCC1C(=O)NCCN1C(=O)CC1CCCO1. The highest BCUT2D eigenvalue weighted by Gasteiger charge is 2.32. The van der Waals surface area contributed by atoms with Crippen LogP contribution in [0.5, 0.6) is 0 Å². The quantitative estimate of drug-likeness (QED) is 0.771. The van der Waals surface area contributed by atoms with Gasteiger partial charge in [-0.05, 0) is 19.3 Å². The molecule has 0 aromatic carbocycles. The number of ether oxygens (including phenoxy) is 1. The Morgan fingerprint density at radius 2 is 2.41 bits per heavy atom. The van der Waals surface area contributed by atoms with E-state index in [1.165, 1.54) is 0 Å². The van der Waals surface area contributed by atoms with Gasteiger partial charge < -0.3 is 15.0 Å². The average Bonchev–Trinajstić information content (AvgIpc) is 2.81. The summed E-state index contributed by atoms with van der Waals surface area (Å²) in [7, 11) is 0. The van der Waals surface area contributed by atoms with Gasteiger partial charge in [0.2, 0.25) is 11.8 Å². The number of hydrogen-bond acceptors (Lipinski definition) is 3. The molecule has 2 rings (SSSR count). The van der Waals surface area contributed by atoms with Gasteiger partial charge in [0.25, 0.3) is 0 Å². The van der Waals surface area contributed by atoms with Crippen molar-refractivity contribution in [2.45, 2.75) is 44.8 Å². The Labute approximate surface area is 101 Å². The fourth-order valence-electron chi connectivity index (χ4n) is 2.54. The van der Waals surface area contributed by atoms with E-state index in [-0.39, 0.29) is 24.0 Å². The van der Waals surface area contributed by atoms with Crippen LogP contribution in [-0.2, 0) is 14.3 Å². The summed E-state index contributed by atoms with van der Waals surface area (Å²) in [5, 5.41) is 2.80. The van der Waals surface area contributed by atoms with Gasteiger partial charge in [0.15, 0.2) is 0 Å². The molecule has 17 heavy (non-hydrogen) atoms. The summed E-state index contributed by atoms with van der Waals surface area (Å²) >= 11 is 0. The van der Waals surface area contributed by atoms with E-state index in [4.69, 9.17) is 4.74 Å². The lowest BCUT2D eigenvalue weighted by Crippen LogP contribution is -2.57. The largest absolute Gasteiger partial charge is 0.378 e. The topological polar surface area (TPSA) is 58.6 Å². The minimum atomic E-state index is -0.294. The smallest absolute Gasteiger partial charge is 0.242 e. The minimum Gasteiger partial charge on any atom is -0.378 e. The van der Waals surface area contributed by atoms with Gasteiger partial charge in [0.05, 0.1) is 12.5 Å². The lowest BCUT2D eigenvalue weighted by atomic mass is 10.1. The van der Waals surface area contributed by atoms with Gasteiger partial charge in [0, 0.05) is 19.7 Å². The summed E-state index contributed by atoms with van der Waals surface area (Å²) in [4.78, 5) is 25.5. The number of hydrogen-bond donors (Lipinski definition) is 1. The standard InChI is InChI=1S/C12H20N2O3/c1-2-10-12(16)13-5-6-14(10)11(15)8-9-4-3-7-17-9/h9-10H,2-8H2,1H3,(H,13,16). The van der Waals surface area contributed by atoms with Crippen LogP contribution in [0.1, 0.15) is 32.6 Å². The van der Waals surface area contributed by atoms with Crippen LogP contribution in [0.4, 0.5) is 0 Å². The molecule has 2 heterocycles. The minimum absolute atomic E-state index is 0.0283. The number of amides is 2. The molecular weight excluding hydrogens is 220 g/mol. The van der Waals surface area contributed by atoms with Crippen LogP contribution in [0.25, 0.3) is 0 Å². The second-order valence-electron chi connectivity index (χ2n) is 4.64. The maximum atomic E-state index is 12.1. The van der Waals surface area contributed by atoms with Gasteiger partial charge in [-0.1, -0.05) is 6.92 Å². The van der Waals surface area contributed by atoms with E-state index in [0.29, 0.717) is 25.9 Å². The van der Waals surface area contributed by atoms with Gasteiger partial charge in [-0.2, -0.15) is 0 Å². The van der Waals surface area contributed by atoms with Crippen LogP contribution >= 0.6 is 0 Å². The third kappa shape index (κ3) is 2.77. The van der Waals surface area contributed by atoms with Gasteiger partial charge in [-0.25, -0.2) is 0 Å². The molecule has 2 aliphatic rings. The molecule has 96 valence electrons. The van der Waals surface area contributed by atoms with Crippen molar-refractivity contribution in [2.75, 3.05) is 19.7 Å². The average molecular weight is 240 g/mol. The Morgan fingerprint density at radius 3 is 3.06 bits per heavy atom. The third-order valence-corrected chi connectivity index (χ3v) is 3.46. The molecule has 0 aliphatic carbocycles. The van der Waals surface area contributed by atoms with Crippen LogP contribution < -0.4 is 5.32 Å². The lowest BCUT2D eigenvalue weighted by Gasteiger charge is -2.35. The fourth-order valence-corrected chi connectivity index (χ4v) is 2.54. The van der Waals surface area contributed by atoms with Crippen LogP contribution in [0, 0.1) is 0 Å². The van der Waals surface area contributed by atoms with E-state index >= 15 is 0 Å². The number of rotatable bonds is 3. The first-order valence-electron chi connectivity index (χ1n) is 6.41. The Morgan fingerprint density at radius 1 is 1.59 bits per heavy atom. The molecule has 2 unspecified atom stereocenters. The molecular formula is C12H20N2O3. The Bertz CT molecular complexity index is 300. The maximum Gasteiger partial charge on any atom is 0.242 e. The second kappa shape index (κ2) is 5.49. The first kappa shape index (κ1) is 12.4. The predicted molar refractivity (Wildman–Crippen MR) is 62.4 cm³/mol. The lowest BCUT2D eigenvalue weighted by molar-refractivity contribution is -0.144. The monoisotopic (exact) mass is 240 g/mol. The number of carbonyl (C=O) groups is 2. The molecule has 0 bridgehead atoms. The maximum absolute atomic E-state index is 12.1. The molecule has 5 nitrogen and oxygen atoms in total. The van der Waals surface area contributed by atoms with Crippen LogP contribution in [0.15, 0.2) is 0 Å². The zero-order valence-electron chi connectivity index (χ0n) is 10.3. The zero-order chi connectivity index (χ0) is 12.3. The van der Waals surface area contributed by atoms with Crippen LogP contribution in [0.2, 0.25) is 0 Å². The number of nitrogens with one attached hydrogen (secondary N) is 1. The predicted octanol–water partition coefficient (Wildman–Crippen LogP) is 0.293. The Hall–Kier alpha value is -1.10. The molecule has 5 heteroatoms. The van der Waals surface area contributed by atoms with Crippen LogP contribution in [-0.4, -0.2) is 48.6 Å². The van der Waals surface area contributed by atoms with E-state index < -0.39 is 0 Å².